The molecule has 0 saturated heterocycles. The fraction of sp³-hybridized carbons (Fsp3) is 0.375. The Balaban J connectivity index is 2.11. The van der Waals surface area contributed by atoms with Gasteiger partial charge in [-0.15, -0.1) is 0 Å². The summed E-state index contributed by atoms with van der Waals surface area (Å²) < 4.78 is 46.5. The van der Waals surface area contributed by atoms with Crippen LogP contribution in [-0.2, 0) is 31.7 Å². The van der Waals surface area contributed by atoms with E-state index in [0.29, 0.717) is 23.6 Å². The summed E-state index contributed by atoms with van der Waals surface area (Å²) >= 11 is 6.56. The Hall–Kier alpha value is -3.84. The molecule has 3 aromatic rings. The minimum atomic E-state index is -4.61. The first-order valence-electron chi connectivity index (χ1n) is 14.0. The molecule has 0 saturated carbocycles. The van der Waals surface area contributed by atoms with E-state index in [9.17, 15) is 13.2 Å². The average Bonchev–Trinajstić information content (AvgIpc) is 3.27. The summed E-state index contributed by atoms with van der Waals surface area (Å²) in [5.41, 5.74) is -0.255. The number of hydrogen-bond acceptors (Lipinski definition) is 9. The van der Waals surface area contributed by atoms with Crippen molar-refractivity contribution in [2.24, 2.45) is 0 Å². The van der Waals surface area contributed by atoms with Crippen LogP contribution in [0.4, 0.5) is 5.69 Å². The minimum absolute atomic E-state index is 0.00899. The van der Waals surface area contributed by atoms with Crippen LogP contribution in [0, 0.1) is 0 Å². The van der Waals surface area contributed by atoms with E-state index in [2.05, 4.69) is 0 Å². The van der Waals surface area contributed by atoms with E-state index >= 15 is 4.79 Å². The Kier molecular flexibility index (Phi) is 9.74. The maximum atomic E-state index is 15.2. The van der Waals surface area contributed by atoms with E-state index in [1.807, 2.05) is 31.1 Å². The highest BCUT2D eigenvalue weighted by Crippen LogP contribution is 2.53. The summed E-state index contributed by atoms with van der Waals surface area (Å²) in [4.78, 5) is 33.4. The smallest absolute Gasteiger partial charge is 0.274 e. The summed E-state index contributed by atoms with van der Waals surface area (Å²) in [5, 5.41) is 0.274. The third kappa shape index (κ3) is 5.71. The number of ether oxygens (including phenoxy) is 3. The first-order chi connectivity index (χ1) is 21.2. The summed E-state index contributed by atoms with van der Waals surface area (Å²) in [6.07, 6.45) is 0. The van der Waals surface area contributed by atoms with E-state index in [0.717, 1.165) is 9.87 Å². The molecule has 2 amide bonds. The SMILES string of the molecule is COc1ccc(S(=O)(=O)N2C(=O)[C@](c3ccc(CN(C)C)cc3OC)(N(C)C(C)C(=O)N(C)C)c3cc(Cl)ccc32)c(OC)c1. The summed E-state index contributed by atoms with van der Waals surface area (Å²) in [5.74, 6) is -0.429. The van der Waals surface area contributed by atoms with Crippen LogP contribution in [0.1, 0.15) is 23.6 Å². The molecule has 1 heterocycles. The monoisotopic (exact) mass is 658 g/mol. The van der Waals surface area contributed by atoms with Crippen LogP contribution in [-0.4, -0.2) is 97.5 Å². The van der Waals surface area contributed by atoms with Gasteiger partial charge in [-0.25, -0.2) is 12.7 Å². The van der Waals surface area contributed by atoms with Crippen molar-refractivity contribution in [3.63, 3.8) is 0 Å². The number of carbonyl (C=O) groups is 2. The standard InChI is InChI=1S/C32H39ClN4O7S/c1-20(30(38)35(4)5)36(6)32(24-13-10-21(19-34(2)3)16-27(24)43-8)25-17-22(33)11-14-26(25)37(31(32)39)45(40,41)29-15-12-23(42-7)18-28(29)44-9/h10-18,20H,19H2,1-9H3/t20?,32-/m1/s1. The number of nitrogens with zero attached hydrogens (tertiary/aromatic N) is 4. The van der Waals surface area contributed by atoms with Gasteiger partial charge in [0.25, 0.3) is 15.9 Å². The number of likely N-dealkylation sites (N-methyl/N-ethyl adjacent to an activating group) is 2. The molecule has 3 aromatic carbocycles. The zero-order valence-electron chi connectivity index (χ0n) is 26.9. The van der Waals surface area contributed by atoms with E-state index in [1.165, 1.54) is 56.6 Å². The number of fused-ring (bicyclic) bond motifs is 1. The van der Waals surface area contributed by atoms with Crippen LogP contribution in [0.3, 0.4) is 0 Å². The fourth-order valence-corrected chi connectivity index (χ4v) is 7.56. The number of amides is 2. The summed E-state index contributed by atoms with van der Waals surface area (Å²) in [7, 11) is 8.36. The number of benzene rings is 3. The van der Waals surface area contributed by atoms with Gasteiger partial charge in [0.2, 0.25) is 5.91 Å². The van der Waals surface area contributed by atoms with Gasteiger partial charge in [0.1, 0.15) is 22.1 Å². The predicted octanol–water partition coefficient (Wildman–Crippen LogP) is 3.82. The maximum Gasteiger partial charge on any atom is 0.274 e. The van der Waals surface area contributed by atoms with Gasteiger partial charge in [-0.2, -0.15) is 0 Å². The lowest BCUT2D eigenvalue weighted by Crippen LogP contribution is -2.59. The van der Waals surface area contributed by atoms with Gasteiger partial charge in [0, 0.05) is 42.9 Å². The van der Waals surface area contributed by atoms with Crippen LogP contribution in [0.5, 0.6) is 17.2 Å². The van der Waals surface area contributed by atoms with Crippen LogP contribution in [0.2, 0.25) is 5.02 Å². The van der Waals surface area contributed by atoms with Crippen molar-refractivity contribution in [3.8, 4) is 17.2 Å². The number of halogens is 1. The van der Waals surface area contributed by atoms with Gasteiger partial charge >= 0.3 is 0 Å². The fourth-order valence-electron chi connectivity index (χ4n) is 5.79. The molecule has 242 valence electrons. The zero-order chi connectivity index (χ0) is 33.4. The molecular weight excluding hydrogens is 620 g/mol. The van der Waals surface area contributed by atoms with Crippen LogP contribution >= 0.6 is 11.6 Å². The van der Waals surface area contributed by atoms with Crippen molar-refractivity contribution in [1.82, 2.24) is 14.7 Å². The summed E-state index contributed by atoms with van der Waals surface area (Å²) in [6, 6.07) is 13.3. The third-order valence-corrected chi connectivity index (χ3v) is 9.98. The number of sulfonamides is 1. The number of hydrogen-bond donors (Lipinski definition) is 0. The van der Waals surface area contributed by atoms with Crippen LogP contribution in [0.15, 0.2) is 59.5 Å². The molecule has 4 rings (SSSR count). The Bertz CT molecular complexity index is 1730. The molecule has 0 aromatic heterocycles. The van der Waals surface area contributed by atoms with Gasteiger partial charge in [-0.3, -0.25) is 14.5 Å². The third-order valence-electron chi connectivity index (χ3n) is 8.01. The molecule has 1 unspecified atom stereocenters. The van der Waals surface area contributed by atoms with E-state index in [4.69, 9.17) is 25.8 Å². The molecule has 2 atom stereocenters. The van der Waals surface area contributed by atoms with Gasteiger partial charge in [-0.05, 0) is 70.0 Å². The molecule has 0 fully saturated rings. The molecule has 0 N–H and O–H groups in total. The Morgan fingerprint density at radius 2 is 1.56 bits per heavy atom. The molecule has 0 aliphatic carbocycles. The van der Waals surface area contributed by atoms with Gasteiger partial charge in [0.05, 0.1) is 33.1 Å². The van der Waals surface area contributed by atoms with Crippen molar-refractivity contribution >= 4 is 39.1 Å². The van der Waals surface area contributed by atoms with E-state index < -0.39 is 27.5 Å². The van der Waals surface area contributed by atoms with Gasteiger partial charge in [-0.1, -0.05) is 23.7 Å². The highest BCUT2D eigenvalue weighted by Gasteiger charge is 2.61. The van der Waals surface area contributed by atoms with Gasteiger partial charge in [0.15, 0.2) is 5.54 Å². The molecule has 13 heteroatoms. The second kappa shape index (κ2) is 12.9. The lowest BCUT2D eigenvalue weighted by molar-refractivity contribution is -0.138. The van der Waals surface area contributed by atoms with Crippen molar-refractivity contribution < 1.29 is 32.2 Å². The molecule has 0 bridgehead atoms. The Morgan fingerprint density at radius 1 is 0.889 bits per heavy atom. The number of rotatable bonds is 11. The lowest BCUT2D eigenvalue weighted by Gasteiger charge is -2.42. The van der Waals surface area contributed by atoms with Crippen LogP contribution in [0.25, 0.3) is 0 Å². The second-order valence-electron chi connectivity index (χ2n) is 11.3. The Labute approximate surface area is 269 Å². The van der Waals surface area contributed by atoms with E-state index in [1.54, 1.807) is 45.1 Å². The molecule has 0 radical (unpaired) electrons. The molecule has 0 spiro atoms. The van der Waals surface area contributed by atoms with Crippen molar-refractivity contribution in [1.29, 1.82) is 0 Å². The summed E-state index contributed by atoms with van der Waals surface area (Å²) in [6.45, 7) is 2.25. The van der Waals surface area contributed by atoms with Crippen molar-refractivity contribution in [2.45, 2.75) is 29.9 Å². The van der Waals surface area contributed by atoms with E-state index in [-0.39, 0.29) is 32.8 Å². The average molecular weight is 659 g/mol. The first kappa shape index (κ1) is 34.0. The number of anilines is 1. The maximum absolute atomic E-state index is 15.2. The number of methoxy groups -OCH3 is 3. The normalized spacial score (nSPS) is 17.0. The van der Waals surface area contributed by atoms with Gasteiger partial charge < -0.3 is 24.0 Å². The molecule has 1 aliphatic heterocycles. The predicted molar refractivity (Wildman–Crippen MR) is 173 cm³/mol. The van der Waals surface area contributed by atoms with Crippen molar-refractivity contribution in [2.75, 3.05) is 60.9 Å². The molecule has 1 aliphatic rings. The highest BCUT2D eigenvalue weighted by molar-refractivity contribution is 7.93. The lowest BCUT2D eigenvalue weighted by atomic mass is 9.80. The minimum Gasteiger partial charge on any atom is -0.497 e. The van der Waals surface area contributed by atoms with Crippen molar-refractivity contribution in [3.05, 3.63) is 76.3 Å². The molecule has 11 nitrogen and oxygen atoms in total. The second-order valence-corrected chi connectivity index (χ2v) is 13.4. The Morgan fingerprint density at radius 3 is 2.13 bits per heavy atom. The zero-order valence-corrected chi connectivity index (χ0v) is 28.5. The topological polar surface area (TPSA) is 109 Å². The highest BCUT2D eigenvalue weighted by atomic mass is 35.5. The largest absolute Gasteiger partial charge is 0.497 e. The number of carbonyl (C=O) groups excluding carboxylic acids is 2. The molecule has 45 heavy (non-hydrogen) atoms. The quantitative estimate of drug-likeness (QED) is 0.304. The van der Waals surface area contributed by atoms with Crippen LogP contribution < -0.4 is 18.5 Å². The first-order valence-corrected chi connectivity index (χ1v) is 15.9. The molecular formula is C32H39ClN4O7S.